The summed E-state index contributed by atoms with van der Waals surface area (Å²) >= 11 is 0. The Balaban J connectivity index is 1.37. The molecule has 2 aromatic carbocycles. The molecule has 0 aliphatic heterocycles. The number of aromatic nitrogens is 2. The Labute approximate surface area is 199 Å². The summed E-state index contributed by atoms with van der Waals surface area (Å²) in [6.07, 6.45) is 3.85. The molecule has 0 spiro atoms. The molecular formula is C27H28N4O3. The lowest BCUT2D eigenvalue weighted by Gasteiger charge is -2.21. The number of benzene rings is 2. The summed E-state index contributed by atoms with van der Waals surface area (Å²) in [7, 11) is 0. The molecule has 0 fully saturated rings. The van der Waals surface area contributed by atoms with E-state index in [9.17, 15) is 9.59 Å². The molecule has 2 heterocycles. The Morgan fingerprint density at radius 3 is 2.56 bits per heavy atom. The molecule has 0 bridgehead atoms. The van der Waals surface area contributed by atoms with Crippen LogP contribution in [0.2, 0.25) is 0 Å². The maximum absolute atomic E-state index is 12.9. The second kappa shape index (κ2) is 10.7. The van der Waals surface area contributed by atoms with Crippen molar-refractivity contribution in [3.8, 4) is 5.75 Å². The molecule has 2 aromatic heterocycles. The first kappa shape index (κ1) is 23.0. The maximum Gasteiger partial charge on any atom is 0.255 e. The van der Waals surface area contributed by atoms with Gasteiger partial charge in [-0.25, -0.2) is 4.98 Å². The van der Waals surface area contributed by atoms with Crippen LogP contribution in [0.15, 0.2) is 79.1 Å². The van der Waals surface area contributed by atoms with Crippen LogP contribution in [0.5, 0.6) is 5.75 Å². The van der Waals surface area contributed by atoms with Gasteiger partial charge in [0.15, 0.2) is 0 Å². The number of carbonyl (C=O) groups is 2. The van der Waals surface area contributed by atoms with Crippen molar-refractivity contribution in [1.82, 2.24) is 19.6 Å². The number of amides is 2. The van der Waals surface area contributed by atoms with Crippen LogP contribution in [0.25, 0.3) is 5.65 Å². The summed E-state index contributed by atoms with van der Waals surface area (Å²) in [5.41, 5.74) is 4.14. The second-order valence-corrected chi connectivity index (χ2v) is 8.02. The zero-order valence-electron chi connectivity index (χ0n) is 19.4. The van der Waals surface area contributed by atoms with E-state index < -0.39 is 0 Å². The third-order valence-electron chi connectivity index (χ3n) is 5.59. The molecule has 0 aliphatic rings. The monoisotopic (exact) mass is 456 g/mol. The lowest BCUT2D eigenvalue weighted by Crippen LogP contribution is -2.39. The van der Waals surface area contributed by atoms with Crippen LogP contribution in [0, 0.1) is 6.92 Å². The lowest BCUT2D eigenvalue weighted by atomic mass is 10.2. The first-order valence-corrected chi connectivity index (χ1v) is 11.3. The summed E-state index contributed by atoms with van der Waals surface area (Å²) in [6, 6.07) is 20.8. The Bertz CT molecular complexity index is 1280. The number of pyridine rings is 1. The smallest absolute Gasteiger partial charge is 0.255 e. The van der Waals surface area contributed by atoms with Gasteiger partial charge < -0.3 is 19.4 Å². The van der Waals surface area contributed by atoms with Crippen LogP contribution < -0.4 is 10.1 Å². The quantitative estimate of drug-likeness (QED) is 0.413. The molecular weight excluding hydrogens is 428 g/mol. The van der Waals surface area contributed by atoms with Gasteiger partial charge in [0, 0.05) is 25.5 Å². The second-order valence-electron chi connectivity index (χ2n) is 8.02. The van der Waals surface area contributed by atoms with E-state index in [2.05, 4.69) is 10.3 Å². The molecule has 4 rings (SSSR count). The van der Waals surface area contributed by atoms with Crippen LogP contribution in [-0.2, 0) is 17.9 Å². The highest BCUT2D eigenvalue weighted by molar-refractivity contribution is 5.98. The molecule has 0 radical (unpaired) electrons. The highest BCUT2D eigenvalue weighted by atomic mass is 16.5. The van der Waals surface area contributed by atoms with Gasteiger partial charge in [0.25, 0.3) is 5.91 Å². The molecule has 1 N–H and O–H groups in total. The molecule has 4 aromatic rings. The summed E-state index contributed by atoms with van der Waals surface area (Å²) in [6.45, 7) is 5.14. The molecule has 2 amide bonds. The van der Waals surface area contributed by atoms with Gasteiger partial charge in [-0.15, -0.1) is 0 Å². The van der Waals surface area contributed by atoms with E-state index in [1.165, 1.54) is 0 Å². The van der Waals surface area contributed by atoms with Gasteiger partial charge in [-0.1, -0.05) is 48.5 Å². The van der Waals surface area contributed by atoms with Gasteiger partial charge in [0.05, 0.1) is 17.8 Å². The van der Waals surface area contributed by atoms with Crippen molar-refractivity contribution < 1.29 is 14.3 Å². The lowest BCUT2D eigenvalue weighted by molar-refractivity contribution is -0.130. The minimum absolute atomic E-state index is 0.0838. The zero-order valence-corrected chi connectivity index (χ0v) is 19.4. The van der Waals surface area contributed by atoms with Crippen molar-refractivity contribution in [2.45, 2.75) is 27.0 Å². The van der Waals surface area contributed by atoms with Crippen molar-refractivity contribution in [2.75, 3.05) is 13.1 Å². The normalized spacial score (nSPS) is 10.8. The number of rotatable bonds is 9. The fraction of sp³-hybridized carbons (Fsp3) is 0.222. The minimum atomic E-state index is -0.356. The van der Waals surface area contributed by atoms with E-state index in [1.807, 2.05) is 79.2 Å². The van der Waals surface area contributed by atoms with Crippen molar-refractivity contribution in [3.63, 3.8) is 0 Å². The Kier molecular flexibility index (Phi) is 7.22. The Morgan fingerprint density at radius 2 is 1.79 bits per heavy atom. The zero-order chi connectivity index (χ0) is 23.9. The van der Waals surface area contributed by atoms with Crippen LogP contribution in [0.4, 0.5) is 0 Å². The van der Waals surface area contributed by atoms with E-state index in [-0.39, 0.29) is 25.0 Å². The van der Waals surface area contributed by atoms with Gasteiger partial charge in [0.1, 0.15) is 18.0 Å². The van der Waals surface area contributed by atoms with E-state index >= 15 is 0 Å². The summed E-state index contributed by atoms with van der Waals surface area (Å²) in [5, 5.41) is 2.74. The number of para-hydroxylation sites is 1. The summed E-state index contributed by atoms with van der Waals surface area (Å²) in [4.78, 5) is 31.9. The molecule has 0 saturated heterocycles. The number of nitrogens with one attached hydrogen (secondary N) is 1. The summed E-state index contributed by atoms with van der Waals surface area (Å²) in [5.74, 6) is -0.0541. The summed E-state index contributed by atoms with van der Waals surface area (Å²) < 4.78 is 7.89. The molecule has 7 heteroatoms. The number of fused-ring (bicyclic) bond motifs is 1. The Hall–Kier alpha value is -4.13. The van der Waals surface area contributed by atoms with Crippen molar-refractivity contribution in [3.05, 3.63) is 102 Å². The molecule has 34 heavy (non-hydrogen) atoms. The largest absolute Gasteiger partial charge is 0.486 e. The number of hydrogen-bond donors (Lipinski definition) is 1. The number of likely N-dealkylation sites (N-methyl/N-ethyl adjacent to an activating group) is 1. The molecule has 0 aliphatic carbocycles. The molecule has 0 unspecified atom stereocenters. The first-order chi connectivity index (χ1) is 16.5. The van der Waals surface area contributed by atoms with Crippen LogP contribution in [0.3, 0.4) is 0 Å². The van der Waals surface area contributed by atoms with E-state index in [1.54, 1.807) is 23.1 Å². The number of ether oxygens (including phenoxy) is 1. The van der Waals surface area contributed by atoms with Gasteiger partial charge in [-0.3, -0.25) is 9.59 Å². The van der Waals surface area contributed by atoms with Gasteiger partial charge >= 0.3 is 0 Å². The average molecular weight is 457 g/mol. The standard InChI is InChI=1S/C27H28N4O3/c1-3-30(17-21-11-5-4-6-12-21)25(32)16-28-27(33)23-13-7-8-14-24(23)34-19-22-18-31-15-9-10-20(2)26(31)29-22/h4-15,18H,3,16-17,19H2,1-2H3,(H,28,33). The number of hydrogen-bond acceptors (Lipinski definition) is 4. The molecule has 0 atom stereocenters. The molecule has 0 saturated carbocycles. The number of carbonyl (C=O) groups excluding carboxylic acids is 2. The molecule has 174 valence electrons. The number of aryl methyl sites for hydroxylation is 1. The van der Waals surface area contributed by atoms with Crippen molar-refractivity contribution in [2.24, 2.45) is 0 Å². The fourth-order valence-corrected chi connectivity index (χ4v) is 3.75. The third kappa shape index (κ3) is 5.43. The van der Waals surface area contributed by atoms with Crippen molar-refractivity contribution in [1.29, 1.82) is 0 Å². The SMILES string of the molecule is CCN(Cc1ccccc1)C(=O)CNC(=O)c1ccccc1OCc1cn2cccc(C)c2n1. The first-order valence-electron chi connectivity index (χ1n) is 11.3. The average Bonchev–Trinajstić information content (AvgIpc) is 3.30. The Morgan fingerprint density at radius 1 is 1.03 bits per heavy atom. The highest BCUT2D eigenvalue weighted by Crippen LogP contribution is 2.20. The van der Waals surface area contributed by atoms with E-state index in [4.69, 9.17) is 4.74 Å². The van der Waals surface area contributed by atoms with Gasteiger partial charge in [-0.05, 0) is 43.2 Å². The van der Waals surface area contributed by atoms with Crippen LogP contribution in [-0.4, -0.2) is 39.2 Å². The number of nitrogens with zero attached hydrogens (tertiary/aromatic N) is 3. The predicted molar refractivity (Wildman–Crippen MR) is 131 cm³/mol. The van der Waals surface area contributed by atoms with E-state index in [0.29, 0.717) is 24.4 Å². The van der Waals surface area contributed by atoms with Crippen molar-refractivity contribution >= 4 is 17.5 Å². The fourth-order valence-electron chi connectivity index (χ4n) is 3.75. The van der Waals surface area contributed by atoms with Gasteiger partial charge in [-0.2, -0.15) is 0 Å². The van der Waals surface area contributed by atoms with Crippen LogP contribution >= 0.6 is 0 Å². The van der Waals surface area contributed by atoms with Crippen LogP contribution in [0.1, 0.15) is 34.1 Å². The highest BCUT2D eigenvalue weighted by Gasteiger charge is 2.17. The topological polar surface area (TPSA) is 75.9 Å². The van der Waals surface area contributed by atoms with E-state index in [0.717, 1.165) is 22.5 Å². The maximum atomic E-state index is 12.9. The number of imidazole rings is 1. The predicted octanol–water partition coefficient (Wildman–Crippen LogP) is 4.00. The van der Waals surface area contributed by atoms with Gasteiger partial charge in [0.2, 0.25) is 5.91 Å². The molecule has 7 nitrogen and oxygen atoms in total. The third-order valence-corrected chi connectivity index (χ3v) is 5.59. The minimum Gasteiger partial charge on any atom is -0.486 e.